The Morgan fingerprint density at radius 3 is 1.80 bits per heavy atom. The molecule has 0 unspecified atom stereocenters. The normalized spacial score (nSPS) is 15.1. The first-order valence-corrected chi connectivity index (χ1v) is 24.8. The molecule has 2 heterocycles. The van der Waals surface area contributed by atoms with Gasteiger partial charge in [-0.2, -0.15) is 10.2 Å². The number of carbonyl (C=O) groups excluding carboxylic acids is 1. The van der Waals surface area contributed by atoms with Gasteiger partial charge >= 0.3 is 0 Å². The lowest BCUT2D eigenvalue weighted by molar-refractivity contribution is 0.0767. The molecule has 2 aliphatic carbocycles. The molecule has 245 valence electrons. The van der Waals surface area contributed by atoms with Gasteiger partial charge in [0.2, 0.25) is 7.28 Å². The maximum atomic E-state index is 10.5. The fraction of sp³-hybridized carbons (Fsp3) is 0.618. The molecule has 0 aliphatic heterocycles. The van der Waals surface area contributed by atoms with Gasteiger partial charge in [0, 0.05) is 52.5 Å². The fourth-order valence-corrected chi connectivity index (χ4v) is 7.16. The van der Waals surface area contributed by atoms with Gasteiger partial charge in [-0.3, -0.25) is 0 Å². The van der Waals surface area contributed by atoms with Gasteiger partial charge in [0.05, 0.1) is 27.7 Å². The van der Waals surface area contributed by atoms with Gasteiger partial charge in [0.15, 0.2) is 0 Å². The van der Waals surface area contributed by atoms with Crippen molar-refractivity contribution >= 4 is 45.5 Å². The lowest BCUT2D eigenvalue weighted by Crippen LogP contribution is -2.22. The topological polar surface area (TPSA) is 71.2 Å². The Morgan fingerprint density at radius 1 is 0.822 bits per heavy atom. The molecule has 2 saturated carbocycles. The summed E-state index contributed by atoms with van der Waals surface area (Å²) in [5.41, 5.74) is 8.42. The summed E-state index contributed by atoms with van der Waals surface area (Å²) >= 11 is 3.65. The number of ether oxygens (including phenoxy) is 2. The third kappa shape index (κ3) is 11.2. The molecule has 45 heavy (non-hydrogen) atoms. The summed E-state index contributed by atoms with van der Waals surface area (Å²) in [6, 6.07) is 10.9. The van der Waals surface area contributed by atoms with E-state index in [1.807, 2.05) is 9.36 Å². The van der Waals surface area contributed by atoms with Crippen LogP contribution in [0.25, 0.3) is 11.1 Å². The van der Waals surface area contributed by atoms with Crippen LogP contribution in [0.5, 0.6) is 0 Å². The van der Waals surface area contributed by atoms with E-state index in [4.69, 9.17) is 14.6 Å². The van der Waals surface area contributed by atoms with Crippen molar-refractivity contribution in [1.82, 2.24) is 19.6 Å². The van der Waals surface area contributed by atoms with E-state index in [0.29, 0.717) is 31.6 Å². The first-order valence-electron chi connectivity index (χ1n) is 16.6. The van der Waals surface area contributed by atoms with Crippen LogP contribution in [0.2, 0.25) is 51.4 Å². The Morgan fingerprint density at radius 2 is 1.31 bits per heavy atom. The summed E-state index contributed by atoms with van der Waals surface area (Å²) in [7, 11) is -0.411. The van der Waals surface area contributed by atoms with Gasteiger partial charge < -0.3 is 14.3 Å². The Kier molecular flexibility index (Phi) is 12.7. The van der Waals surface area contributed by atoms with Crippen LogP contribution < -0.4 is 0 Å². The third-order valence-corrected chi connectivity index (χ3v) is 12.8. The maximum Gasteiger partial charge on any atom is 0.202 e. The van der Waals surface area contributed by atoms with Gasteiger partial charge in [-0.05, 0) is 79.4 Å². The summed E-state index contributed by atoms with van der Waals surface area (Å²) in [5, 5.41) is 9.57. The van der Waals surface area contributed by atoms with E-state index >= 15 is 0 Å². The van der Waals surface area contributed by atoms with Crippen LogP contribution in [0.15, 0.2) is 28.7 Å². The number of nitrogens with zero attached hydrogens (tertiary/aromatic N) is 4. The number of hydrogen-bond acceptors (Lipinski definition) is 5. The monoisotopic (exact) mass is 711 g/mol. The van der Waals surface area contributed by atoms with Crippen molar-refractivity contribution < 1.29 is 14.3 Å². The minimum Gasteiger partial charge on any atom is -0.360 e. The van der Waals surface area contributed by atoms with E-state index in [9.17, 15) is 4.79 Å². The summed E-state index contributed by atoms with van der Waals surface area (Å²) in [6.07, 6.45) is 6.56. The number of benzene rings is 1. The van der Waals surface area contributed by atoms with Crippen LogP contribution in [0.1, 0.15) is 65.9 Å². The fourth-order valence-electron chi connectivity index (χ4n) is 5.04. The molecule has 1 aromatic carbocycles. The molecule has 0 saturated heterocycles. The molecule has 3 aromatic rings. The molecule has 0 N–H and O–H groups in total. The van der Waals surface area contributed by atoms with E-state index in [1.54, 1.807) is 7.28 Å². The average molecular weight is 713 g/mol. The van der Waals surface area contributed by atoms with E-state index in [-0.39, 0.29) is 0 Å². The molecule has 2 aliphatic rings. The smallest absolute Gasteiger partial charge is 0.202 e. The molecule has 0 amide bonds. The molecule has 2 fully saturated rings. The lowest BCUT2D eigenvalue weighted by atomic mass is 9.74. The summed E-state index contributed by atoms with van der Waals surface area (Å²) < 4.78 is 16.9. The third-order valence-electron chi connectivity index (χ3n) is 8.43. The highest BCUT2D eigenvalue weighted by Gasteiger charge is 2.32. The number of hydrogen-bond donors (Lipinski definition) is 0. The second kappa shape index (κ2) is 15.9. The zero-order valence-electron chi connectivity index (χ0n) is 28.8. The molecule has 2 aromatic heterocycles. The quantitative estimate of drug-likeness (QED) is 0.0846. The van der Waals surface area contributed by atoms with E-state index < -0.39 is 16.1 Å². The largest absolute Gasteiger partial charge is 0.360 e. The zero-order valence-corrected chi connectivity index (χ0v) is 32.4. The van der Waals surface area contributed by atoms with Crippen molar-refractivity contribution in [1.29, 1.82) is 0 Å². The zero-order chi connectivity index (χ0) is 32.8. The van der Waals surface area contributed by atoms with Crippen LogP contribution >= 0.6 is 15.9 Å². The highest BCUT2D eigenvalue weighted by molar-refractivity contribution is 9.10. The molecule has 1 radical (unpaired) electrons. The van der Waals surface area contributed by atoms with Gasteiger partial charge in [0.25, 0.3) is 0 Å². The number of halogens is 1. The maximum absolute atomic E-state index is 10.5. The minimum atomic E-state index is -1.07. The molecule has 7 nitrogen and oxygen atoms in total. The second-order valence-electron chi connectivity index (χ2n) is 15.1. The van der Waals surface area contributed by atoms with Gasteiger partial charge in [-0.15, -0.1) is 0 Å². The van der Waals surface area contributed by atoms with Gasteiger partial charge in [-0.25, -0.2) is 9.36 Å². The number of rotatable bonds is 16. The predicted octanol–water partition coefficient (Wildman–Crippen LogP) is 8.59. The summed E-state index contributed by atoms with van der Waals surface area (Å²) in [5.74, 6) is 1.27. The van der Waals surface area contributed by atoms with Crippen molar-refractivity contribution in [3.63, 3.8) is 0 Å². The Hall–Kier alpha value is -1.79. The highest BCUT2D eigenvalue weighted by Crippen LogP contribution is 2.45. The lowest BCUT2D eigenvalue weighted by Gasteiger charge is -2.15. The number of aromatic nitrogens is 4. The minimum absolute atomic E-state index is 0.530. The van der Waals surface area contributed by atoms with Crippen LogP contribution in [-0.4, -0.2) is 62.4 Å². The molecular formula is C34H53BBrN4O3Si2. The van der Waals surface area contributed by atoms with Crippen molar-refractivity contribution in [2.75, 3.05) is 13.2 Å². The summed E-state index contributed by atoms with van der Waals surface area (Å²) in [4.78, 5) is 10.5. The second-order valence-corrected chi connectivity index (χ2v) is 27.2. The standard InChI is InChI=1S/C21H30BN2O2Si.C13H23BrN2OSi/c1-16-20(18-7-5-17(6-8-18)13-22-14-25)21(19-9-10-19)23-24(16)15-26-11-12-27(2,3)4;1-10-12(14)13(11-5-6-11)15-16(10)9-17-7-8-18(2,3)4/h5-8,14,19H,9-13,15H2,1-4H3;11H,5-9H2,1-4H3. The molecule has 0 atom stereocenters. The molecule has 11 heteroatoms. The Labute approximate surface area is 282 Å². The van der Waals surface area contributed by atoms with E-state index in [1.165, 1.54) is 76.1 Å². The Balaban J connectivity index is 0.000000222. The molecular weight excluding hydrogens is 659 g/mol. The molecule has 5 rings (SSSR count). The Bertz CT molecular complexity index is 1400. The van der Waals surface area contributed by atoms with Crippen LogP contribution in [0.3, 0.4) is 0 Å². The van der Waals surface area contributed by atoms with Crippen molar-refractivity contribution in [2.24, 2.45) is 0 Å². The predicted molar refractivity (Wildman–Crippen MR) is 195 cm³/mol. The molecule has 0 bridgehead atoms. The van der Waals surface area contributed by atoms with Crippen LogP contribution in [-0.2, 0) is 34.1 Å². The van der Waals surface area contributed by atoms with Gasteiger partial charge in [-0.1, -0.05) is 69.1 Å². The summed E-state index contributed by atoms with van der Waals surface area (Å²) in [6.45, 7) is 21.3. The van der Waals surface area contributed by atoms with Gasteiger partial charge in [0.1, 0.15) is 13.5 Å². The SMILES string of the molecule is Cc1c(-c2ccc(C[B]C=O)cc2)c(C2CC2)nn1COCC[Si](C)(C)C.Cc1c(Br)c(C2CC2)nn1COCC[Si](C)(C)C. The first kappa shape index (κ1) is 36.1. The molecule has 0 spiro atoms. The van der Waals surface area contributed by atoms with E-state index in [0.717, 1.165) is 25.0 Å². The van der Waals surface area contributed by atoms with E-state index in [2.05, 4.69) is 98.4 Å². The number of carbonyl (C=O) groups is 1. The first-order chi connectivity index (χ1) is 21.3. The van der Waals surface area contributed by atoms with Crippen molar-refractivity contribution in [3.05, 3.63) is 57.1 Å². The van der Waals surface area contributed by atoms with Crippen molar-refractivity contribution in [2.45, 2.75) is 123 Å². The average Bonchev–Trinajstić information content (AvgIpc) is 3.91. The van der Waals surface area contributed by atoms with Crippen LogP contribution in [0.4, 0.5) is 0 Å². The highest BCUT2D eigenvalue weighted by atomic mass is 79.9. The van der Waals surface area contributed by atoms with Crippen LogP contribution in [0, 0.1) is 13.8 Å². The van der Waals surface area contributed by atoms with Crippen molar-refractivity contribution in [3.8, 4) is 11.1 Å².